The Morgan fingerprint density at radius 2 is 1.77 bits per heavy atom. The Bertz CT molecular complexity index is 1170. The Labute approximate surface area is 176 Å². The van der Waals surface area contributed by atoms with Crippen LogP contribution in [0.5, 0.6) is 0 Å². The fourth-order valence-electron chi connectivity index (χ4n) is 3.33. The molecule has 1 N–H and O–H groups in total. The molecule has 0 fully saturated rings. The number of halogens is 1. The molecule has 1 aliphatic heterocycles. The van der Waals surface area contributed by atoms with E-state index < -0.39 is 0 Å². The van der Waals surface area contributed by atoms with Crippen molar-refractivity contribution in [3.8, 4) is 11.3 Å². The number of nitrogens with one attached hydrogen (secondary N) is 1. The van der Waals surface area contributed by atoms with Crippen molar-refractivity contribution in [1.82, 2.24) is 9.88 Å². The minimum absolute atomic E-state index is 0.00754. The molecule has 152 valence electrons. The Balaban J connectivity index is 1.40. The Morgan fingerprint density at radius 3 is 2.50 bits per heavy atom. The fraction of sp³-hybridized carbons (Fsp3) is 0.182. The minimum atomic E-state index is -0.383. The highest BCUT2D eigenvalue weighted by atomic mass is 32.1. The number of amides is 3. The van der Waals surface area contributed by atoms with Gasteiger partial charge in [0.15, 0.2) is 5.13 Å². The van der Waals surface area contributed by atoms with Gasteiger partial charge in [-0.3, -0.25) is 19.3 Å². The molecule has 0 saturated carbocycles. The van der Waals surface area contributed by atoms with Gasteiger partial charge >= 0.3 is 0 Å². The van der Waals surface area contributed by atoms with Gasteiger partial charge in [0.2, 0.25) is 5.91 Å². The van der Waals surface area contributed by atoms with Crippen molar-refractivity contribution in [2.24, 2.45) is 0 Å². The summed E-state index contributed by atoms with van der Waals surface area (Å²) in [5, 5.41) is 3.13. The van der Waals surface area contributed by atoms with Crippen molar-refractivity contribution in [1.29, 1.82) is 0 Å². The van der Waals surface area contributed by atoms with Gasteiger partial charge in [-0.25, -0.2) is 9.37 Å². The van der Waals surface area contributed by atoms with Crippen molar-refractivity contribution < 1.29 is 18.8 Å². The maximum Gasteiger partial charge on any atom is 0.261 e. The van der Waals surface area contributed by atoms with Gasteiger partial charge in [0, 0.05) is 23.4 Å². The number of anilines is 1. The lowest BCUT2D eigenvalue weighted by molar-refractivity contribution is -0.116. The molecule has 2 heterocycles. The van der Waals surface area contributed by atoms with Gasteiger partial charge in [0.1, 0.15) is 5.82 Å². The fourth-order valence-corrected chi connectivity index (χ4v) is 4.18. The van der Waals surface area contributed by atoms with Crippen LogP contribution in [-0.4, -0.2) is 34.2 Å². The van der Waals surface area contributed by atoms with Crippen molar-refractivity contribution in [3.05, 3.63) is 69.8 Å². The van der Waals surface area contributed by atoms with Crippen LogP contribution in [0.25, 0.3) is 11.3 Å². The zero-order valence-corrected chi connectivity index (χ0v) is 17.2. The molecule has 1 aliphatic rings. The van der Waals surface area contributed by atoms with E-state index in [1.54, 1.807) is 30.3 Å². The minimum Gasteiger partial charge on any atom is -0.302 e. The van der Waals surface area contributed by atoms with Crippen LogP contribution in [0.3, 0.4) is 0 Å². The highest BCUT2D eigenvalue weighted by molar-refractivity contribution is 7.16. The molecule has 0 aliphatic carbocycles. The van der Waals surface area contributed by atoms with Gasteiger partial charge in [0.25, 0.3) is 11.8 Å². The quantitative estimate of drug-likeness (QED) is 0.624. The van der Waals surface area contributed by atoms with Crippen LogP contribution in [0.2, 0.25) is 0 Å². The maximum atomic E-state index is 13.1. The molecule has 4 rings (SSSR count). The monoisotopic (exact) mass is 423 g/mol. The van der Waals surface area contributed by atoms with Crippen molar-refractivity contribution in [2.45, 2.75) is 20.3 Å². The normalized spacial score (nSPS) is 13.0. The van der Waals surface area contributed by atoms with Gasteiger partial charge in [-0.05, 0) is 50.2 Å². The lowest BCUT2D eigenvalue weighted by Gasteiger charge is -2.12. The topological polar surface area (TPSA) is 79.4 Å². The van der Waals surface area contributed by atoms with E-state index in [1.165, 1.54) is 23.5 Å². The van der Waals surface area contributed by atoms with E-state index in [4.69, 9.17) is 0 Å². The number of imide groups is 1. The van der Waals surface area contributed by atoms with E-state index in [-0.39, 0.29) is 36.5 Å². The zero-order chi connectivity index (χ0) is 21.4. The first-order chi connectivity index (χ1) is 14.3. The highest BCUT2D eigenvalue weighted by Gasteiger charge is 2.35. The maximum absolute atomic E-state index is 13.1. The molecule has 8 heteroatoms. The summed E-state index contributed by atoms with van der Waals surface area (Å²) in [5.74, 6) is -1.44. The largest absolute Gasteiger partial charge is 0.302 e. The van der Waals surface area contributed by atoms with E-state index in [9.17, 15) is 18.8 Å². The second kappa shape index (κ2) is 7.79. The number of hydrogen-bond donors (Lipinski definition) is 1. The number of nitrogens with zero attached hydrogens (tertiary/aromatic N) is 2. The molecule has 0 saturated heterocycles. The SMILES string of the molecule is Cc1ccc2c(c1)C(=O)N(CCC(=O)Nc1nc(-c3ccc(F)cc3)c(C)s1)C2=O. The van der Waals surface area contributed by atoms with Gasteiger partial charge in [-0.1, -0.05) is 11.6 Å². The summed E-state index contributed by atoms with van der Waals surface area (Å²) in [5.41, 5.74) is 3.06. The number of aromatic nitrogens is 1. The molecule has 1 aromatic heterocycles. The van der Waals surface area contributed by atoms with Crippen LogP contribution in [0.4, 0.5) is 9.52 Å². The standard InChI is InChI=1S/C22H18FN3O3S/c1-12-3-8-16-17(11-12)21(29)26(20(16)28)10-9-18(27)24-22-25-19(13(2)30-22)14-4-6-15(23)7-5-14/h3-8,11H,9-10H2,1-2H3,(H,24,25,27). The zero-order valence-electron chi connectivity index (χ0n) is 16.4. The molecular formula is C22H18FN3O3S. The third-order valence-electron chi connectivity index (χ3n) is 4.85. The lowest BCUT2D eigenvalue weighted by atomic mass is 10.1. The molecule has 0 unspecified atom stereocenters. The number of carbonyl (C=O) groups is 3. The first kappa shape index (κ1) is 19.9. The number of benzene rings is 2. The van der Waals surface area contributed by atoms with Crippen LogP contribution in [0.15, 0.2) is 42.5 Å². The van der Waals surface area contributed by atoms with Gasteiger partial charge in [0.05, 0.1) is 16.8 Å². The Morgan fingerprint density at radius 1 is 1.07 bits per heavy atom. The Hall–Kier alpha value is -3.39. The van der Waals surface area contributed by atoms with Crippen molar-refractivity contribution in [3.63, 3.8) is 0 Å². The summed E-state index contributed by atoms with van der Waals surface area (Å²) < 4.78 is 13.1. The number of rotatable bonds is 5. The third kappa shape index (κ3) is 3.73. The van der Waals surface area contributed by atoms with E-state index in [2.05, 4.69) is 10.3 Å². The molecular weight excluding hydrogens is 405 g/mol. The average Bonchev–Trinajstić information content (AvgIpc) is 3.18. The van der Waals surface area contributed by atoms with Gasteiger partial charge in [-0.2, -0.15) is 0 Å². The molecule has 0 spiro atoms. The molecule has 30 heavy (non-hydrogen) atoms. The summed E-state index contributed by atoms with van der Waals surface area (Å²) in [7, 11) is 0. The second-order valence-corrected chi connectivity index (χ2v) is 8.24. The molecule has 0 bridgehead atoms. The third-order valence-corrected chi connectivity index (χ3v) is 5.74. The summed E-state index contributed by atoms with van der Waals surface area (Å²) in [4.78, 5) is 43.7. The number of thiazole rings is 1. The lowest BCUT2D eigenvalue weighted by Crippen LogP contribution is -2.32. The van der Waals surface area contributed by atoms with Crippen LogP contribution in [0, 0.1) is 19.7 Å². The summed E-state index contributed by atoms with van der Waals surface area (Å²) in [6.07, 6.45) is -0.0328. The molecule has 3 aromatic rings. The number of carbonyl (C=O) groups excluding carboxylic acids is 3. The second-order valence-electron chi connectivity index (χ2n) is 7.04. The first-order valence-corrected chi connectivity index (χ1v) is 10.1. The smallest absolute Gasteiger partial charge is 0.261 e. The van der Waals surface area contributed by atoms with Gasteiger partial charge in [-0.15, -0.1) is 11.3 Å². The highest BCUT2D eigenvalue weighted by Crippen LogP contribution is 2.30. The summed E-state index contributed by atoms with van der Waals surface area (Å²) in [6.45, 7) is 3.71. The van der Waals surface area contributed by atoms with Crippen LogP contribution in [-0.2, 0) is 4.79 Å². The molecule has 0 radical (unpaired) electrons. The van der Waals surface area contributed by atoms with Crippen molar-refractivity contribution >= 4 is 34.2 Å². The van der Waals surface area contributed by atoms with Gasteiger partial charge < -0.3 is 5.32 Å². The summed E-state index contributed by atoms with van der Waals surface area (Å²) >= 11 is 1.31. The predicted octanol–water partition coefficient (Wildman–Crippen LogP) is 4.19. The average molecular weight is 423 g/mol. The number of aryl methyl sites for hydroxylation is 2. The van der Waals surface area contributed by atoms with Crippen molar-refractivity contribution in [2.75, 3.05) is 11.9 Å². The molecule has 0 atom stereocenters. The van der Waals surface area contributed by atoms with E-state index in [1.807, 2.05) is 13.8 Å². The number of fused-ring (bicyclic) bond motifs is 1. The van der Waals surface area contributed by atoms with E-state index in [0.29, 0.717) is 22.0 Å². The van der Waals surface area contributed by atoms with E-state index >= 15 is 0 Å². The van der Waals surface area contributed by atoms with Crippen LogP contribution >= 0.6 is 11.3 Å². The first-order valence-electron chi connectivity index (χ1n) is 9.33. The van der Waals surface area contributed by atoms with Crippen LogP contribution in [0.1, 0.15) is 37.6 Å². The van der Waals surface area contributed by atoms with Crippen LogP contribution < -0.4 is 5.32 Å². The molecule has 6 nitrogen and oxygen atoms in total. The number of hydrogen-bond acceptors (Lipinski definition) is 5. The molecule has 3 amide bonds. The molecule has 2 aromatic carbocycles. The Kier molecular flexibility index (Phi) is 5.17. The predicted molar refractivity (Wildman–Crippen MR) is 112 cm³/mol. The summed E-state index contributed by atoms with van der Waals surface area (Å²) in [6, 6.07) is 11.1. The van der Waals surface area contributed by atoms with E-state index in [0.717, 1.165) is 20.9 Å².